The molecule has 11 heteroatoms. The van der Waals surface area contributed by atoms with E-state index in [0.717, 1.165) is 65.3 Å². The van der Waals surface area contributed by atoms with Gasteiger partial charge in [-0.25, -0.2) is 20.0 Å². The molecule has 2 aliphatic rings. The molecule has 182 valence electrons. The van der Waals surface area contributed by atoms with Crippen molar-refractivity contribution < 1.29 is 4.74 Å². The van der Waals surface area contributed by atoms with Crippen LogP contribution in [0.15, 0.2) is 45.5 Å². The summed E-state index contributed by atoms with van der Waals surface area (Å²) in [5, 5.41) is 8.36. The second kappa shape index (κ2) is 11.7. The number of halogens is 2. The molecule has 1 aromatic heterocycles. The number of unbranched alkanes of at least 4 members (excludes halogenated alkanes) is 2. The maximum absolute atomic E-state index is 6.25. The summed E-state index contributed by atoms with van der Waals surface area (Å²) in [6.45, 7) is 4.38. The van der Waals surface area contributed by atoms with Gasteiger partial charge < -0.3 is 10.1 Å². The van der Waals surface area contributed by atoms with E-state index in [4.69, 9.17) is 42.9 Å². The fourth-order valence-electron chi connectivity index (χ4n) is 3.58. The number of ether oxygens (including phenoxy) is 1. The first-order valence-corrected chi connectivity index (χ1v) is 14.3. The van der Waals surface area contributed by atoms with E-state index in [-0.39, 0.29) is 6.17 Å². The Bertz CT molecular complexity index is 1100. The Labute approximate surface area is 219 Å². The molecule has 4 rings (SSSR count). The number of hydrazine groups is 1. The second-order valence-electron chi connectivity index (χ2n) is 7.86. The van der Waals surface area contributed by atoms with Crippen molar-refractivity contribution in [1.82, 2.24) is 20.4 Å². The monoisotopic (exact) mass is 538 g/mol. The molecule has 0 spiro atoms. The molecule has 2 aromatic rings. The summed E-state index contributed by atoms with van der Waals surface area (Å²) in [5.41, 5.74) is 4.27. The molecule has 2 N–H and O–H groups in total. The first-order valence-electron chi connectivity index (χ1n) is 11.4. The number of nitrogens with one attached hydrogen (secondary N) is 2. The lowest BCUT2D eigenvalue weighted by molar-refractivity contribution is 0.266. The van der Waals surface area contributed by atoms with Gasteiger partial charge in [0, 0.05) is 10.8 Å². The summed E-state index contributed by atoms with van der Waals surface area (Å²) in [4.78, 5) is 14.5. The number of hydrogen-bond donors (Lipinski definition) is 2. The molecule has 7 nitrogen and oxygen atoms in total. The van der Waals surface area contributed by atoms with Crippen LogP contribution < -0.4 is 15.5 Å². The van der Waals surface area contributed by atoms with Gasteiger partial charge in [-0.15, -0.1) is 11.8 Å². The van der Waals surface area contributed by atoms with E-state index in [9.17, 15) is 0 Å². The van der Waals surface area contributed by atoms with Gasteiger partial charge in [0.05, 0.1) is 10.6 Å². The van der Waals surface area contributed by atoms with Gasteiger partial charge in [0.25, 0.3) is 0 Å². The zero-order valence-corrected chi connectivity index (χ0v) is 22.5. The Balaban J connectivity index is 1.66. The highest BCUT2D eigenvalue weighted by Gasteiger charge is 2.38. The van der Waals surface area contributed by atoms with Crippen LogP contribution in [0.2, 0.25) is 10.0 Å². The molecule has 2 aliphatic heterocycles. The largest absolute Gasteiger partial charge is 0.460 e. The quantitative estimate of drug-likeness (QED) is 0.113. The Morgan fingerprint density at radius 3 is 2.74 bits per heavy atom. The van der Waals surface area contributed by atoms with E-state index in [1.165, 1.54) is 0 Å². The van der Waals surface area contributed by atoms with Crippen LogP contribution in [-0.2, 0) is 0 Å². The van der Waals surface area contributed by atoms with Crippen LogP contribution in [-0.4, -0.2) is 39.0 Å². The summed E-state index contributed by atoms with van der Waals surface area (Å²) < 4.78 is 5.81. The first kappa shape index (κ1) is 25.3. The van der Waals surface area contributed by atoms with Gasteiger partial charge in [-0.2, -0.15) is 0 Å². The first-order chi connectivity index (χ1) is 16.5. The number of rotatable bonds is 10. The van der Waals surface area contributed by atoms with E-state index in [2.05, 4.69) is 24.6 Å². The predicted octanol–water partition coefficient (Wildman–Crippen LogP) is 6.78. The Hall–Kier alpha value is -1.81. The topological polar surface area (TPSA) is 74.7 Å². The number of anilines is 1. The summed E-state index contributed by atoms with van der Waals surface area (Å²) in [6.07, 6.45) is 9.01. The van der Waals surface area contributed by atoms with Gasteiger partial charge in [-0.1, -0.05) is 61.7 Å². The van der Waals surface area contributed by atoms with Crippen LogP contribution >= 0.6 is 46.7 Å². The number of amidine groups is 1. The summed E-state index contributed by atoms with van der Waals surface area (Å²) >= 11 is 15.5. The molecule has 1 aromatic carbocycles. The molecule has 0 bridgehead atoms. The van der Waals surface area contributed by atoms with Crippen molar-refractivity contribution >= 4 is 58.4 Å². The van der Waals surface area contributed by atoms with E-state index in [1.807, 2.05) is 11.3 Å². The van der Waals surface area contributed by atoms with Crippen molar-refractivity contribution in [3.8, 4) is 5.75 Å². The highest BCUT2D eigenvalue weighted by Crippen LogP contribution is 2.36. The van der Waals surface area contributed by atoms with Crippen LogP contribution in [0.5, 0.6) is 5.75 Å². The molecule has 1 atom stereocenters. The van der Waals surface area contributed by atoms with Crippen LogP contribution in [0, 0.1) is 0 Å². The number of thioether (sulfide) groups is 2. The average molecular weight is 540 g/mol. The maximum atomic E-state index is 6.25. The van der Waals surface area contributed by atoms with Crippen molar-refractivity contribution in [2.75, 3.05) is 17.3 Å². The van der Waals surface area contributed by atoms with E-state index in [0.29, 0.717) is 21.6 Å². The van der Waals surface area contributed by atoms with Gasteiger partial charge in [0.2, 0.25) is 0 Å². The predicted molar refractivity (Wildman–Crippen MR) is 143 cm³/mol. The number of benzene rings is 1. The number of nitrogens with zero attached hydrogens (tertiary/aromatic N) is 4. The second-order valence-corrected chi connectivity index (χ2v) is 10.6. The van der Waals surface area contributed by atoms with Crippen molar-refractivity contribution in [3.05, 3.63) is 45.9 Å². The third-order valence-corrected chi connectivity index (χ3v) is 7.47. The summed E-state index contributed by atoms with van der Waals surface area (Å²) in [7, 11) is 0. The summed E-state index contributed by atoms with van der Waals surface area (Å²) in [5.74, 6) is 3.72. The normalized spacial score (nSPS) is 17.7. The maximum Gasteiger partial charge on any atom is 0.190 e. The molecule has 0 aliphatic carbocycles. The molecule has 1 unspecified atom stereocenters. The molecule has 0 fully saturated rings. The standard InChI is InChI=1S/C23H28Cl2N6OS2/c1-4-6-8-18-27-20-19(22(33-3)29-23(28-20)34-11-7-5-2)21-26-17(30-31(18)21)13-32-16-10-9-14(24)12-15(16)25/h9-10,12-13,18,30H,4-8,11H2,1-3H3,(H,27,28,29). The fraction of sp³-hybridized carbons (Fsp3) is 0.435. The number of aliphatic imine (C=N–C) groups is 1. The zero-order chi connectivity index (χ0) is 24.1. The van der Waals surface area contributed by atoms with Gasteiger partial charge in [-0.05, 0) is 43.7 Å². The third kappa shape index (κ3) is 5.70. The Morgan fingerprint density at radius 2 is 2.00 bits per heavy atom. The zero-order valence-electron chi connectivity index (χ0n) is 19.4. The van der Waals surface area contributed by atoms with Gasteiger partial charge in [0.1, 0.15) is 29.0 Å². The Morgan fingerprint density at radius 1 is 1.18 bits per heavy atom. The lowest BCUT2D eigenvalue weighted by Crippen LogP contribution is -2.52. The van der Waals surface area contributed by atoms with Crippen molar-refractivity contribution in [1.29, 1.82) is 0 Å². The van der Waals surface area contributed by atoms with Crippen molar-refractivity contribution in [2.45, 2.75) is 62.3 Å². The minimum Gasteiger partial charge on any atom is -0.460 e. The van der Waals surface area contributed by atoms with Gasteiger partial charge in [0.15, 0.2) is 16.8 Å². The van der Waals surface area contributed by atoms with Crippen LogP contribution in [0.3, 0.4) is 0 Å². The van der Waals surface area contributed by atoms with Gasteiger partial charge >= 0.3 is 0 Å². The highest BCUT2D eigenvalue weighted by molar-refractivity contribution is 7.99. The molecule has 0 saturated heterocycles. The van der Waals surface area contributed by atoms with Gasteiger partial charge in [-0.3, -0.25) is 5.43 Å². The van der Waals surface area contributed by atoms with Crippen LogP contribution in [0.4, 0.5) is 5.82 Å². The average Bonchev–Trinajstić information content (AvgIpc) is 3.26. The molecule has 0 saturated carbocycles. The van der Waals surface area contributed by atoms with Crippen molar-refractivity contribution in [3.63, 3.8) is 0 Å². The fourth-order valence-corrected chi connectivity index (χ4v) is 5.59. The molecule has 3 heterocycles. The number of hydrogen-bond acceptors (Lipinski definition) is 9. The minimum atomic E-state index is 0.00863. The smallest absolute Gasteiger partial charge is 0.190 e. The van der Waals surface area contributed by atoms with Crippen molar-refractivity contribution in [2.24, 2.45) is 4.99 Å². The minimum absolute atomic E-state index is 0.00863. The molecule has 0 radical (unpaired) electrons. The van der Waals surface area contributed by atoms with Crippen LogP contribution in [0.25, 0.3) is 0 Å². The number of fused-ring (bicyclic) bond motifs is 3. The summed E-state index contributed by atoms with van der Waals surface area (Å²) in [6, 6.07) is 5.11. The van der Waals surface area contributed by atoms with E-state index in [1.54, 1.807) is 48.0 Å². The SMILES string of the molecule is CCCCSc1nc2c(c(SC)n1)C1=NC(=COc3ccc(Cl)cc3Cl)NN1C(CCCC)N2. The lowest BCUT2D eigenvalue weighted by atomic mass is 10.1. The van der Waals surface area contributed by atoms with E-state index >= 15 is 0 Å². The van der Waals surface area contributed by atoms with Crippen LogP contribution in [0.1, 0.15) is 51.5 Å². The number of aromatic nitrogens is 2. The Kier molecular flexibility index (Phi) is 8.74. The molecule has 34 heavy (non-hydrogen) atoms. The van der Waals surface area contributed by atoms with E-state index < -0.39 is 0 Å². The molecular weight excluding hydrogens is 511 g/mol. The third-order valence-electron chi connectivity index (χ3n) is 5.33. The lowest BCUT2D eigenvalue weighted by Gasteiger charge is -2.36. The highest BCUT2D eigenvalue weighted by atomic mass is 35.5. The molecular formula is C23H28Cl2N6OS2. The molecule has 0 amide bonds.